The van der Waals surface area contributed by atoms with Gasteiger partial charge < -0.3 is 26.9 Å². The zero-order chi connectivity index (χ0) is 46.5. The van der Waals surface area contributed by atoms with Crippen LogP contribution >= 0.6 is 0 Å². The highest BCUT2D eigenvalue weighted by Crippen LogP contribution is 2.53. The number of amides is 1. The molecular formula is C44H48N3O13S4+. The lowest BCUT2D eigenvalue weighted by Gasteiger charge is -2.26. The predicted molar refractivity (Wildman–Crippen MR) is 249 cm³/mol. The van der Waals surface area contributed by atoms with Gasteiger partial charge in [0, 0.05) is 82.2 Å². The van der Waals surface area contributed by atoms with Crippen molar-refractivity contribution in [1.29, 1.82) is 0 Å². The standard InChI is InChI=1S/C44H47N3O13S4/c1-7-22-45-40(48)17-13-10-14-23-47-35-21-19-31-33(25-29(58-62(51)52)27-37(31)60-64(55)56)42(35)44(5,6)39(47)16-12-9-11-15-38-43(3,4)41-32-24-28(57-61(49)50)26-36(59-63(53)54)30(32)18-20-34(41)46(38)8-2/h1,9,11-12,15-16,18-21,24-27H,8,10,13-14,17,22-23H2,2-6H3,(H4-,45,48,49,50,51,52,53,54,55,56)/p+1. The Hall–Kier alpha value is -5.24. The summed E-state index contributed by atoms with van der Waals surface area (Å²) >= 11 is -10.7. The van der Waals surface area contributed by atoms with E-state index in [1.54, 1.807) is 24.3 Å². The third-order valence-electron chi connectivity index (χ3n) is 11.2. The minimum Gasteiger partial charge on any atom is -0.380 e. The molecule has 0 fully saturated rings. The summed E-state index contributed by atoms with van der Waals surface area (Å²) in [7, 11) is 0. The highest BCUT2D eigenvalue weighted by molar-refractivity contribution is 7.75. The number of terminal acetylenes is 1. The van der Waals surface area contributed by atoms with Crippen LogP contribution in [0.5, 0.6) is 23.0 Å². The summed E-state index contributed by atoms with van der Waals surface area (Å²) in [5, 5.41) is 4.90. The van der Waals surface area contributed by atoms with Crippen molar-refractivity contribution >= 4 is 90.0 Å². The van der Waals surface area contributed by atoms with Crippen LogP contribution in [-0.2, 0) is 61.1 Å². The van der Waals surface area contributed by atoms with Crippen LogP contribution in [0.2, 0.25) is 0 Å². The van der Waals surface area contributed by atoms with E-state index in [-0.39, 0.29) is 35.4 Å². The van der Waals surface area contributed by atoms with Gasteiger partial charge in [-0.25, -0.2) is 0 Å². The minimum atomic E-state index is -2.70. The number of fused-ring (bicyclic) bond motifs is 6. The molecule has 6 rings (SSSR count). The van der Waals surface area contributed by atoms with E-state index in [0.717, 1.165) is 46.8 Å². The number of carbonyl (C=O) groups is 1. The van der Waals surface area contributed by atoms with Crippen LogP contribution in [-0.4, -0.2) is 70.9 Å². The molecular weight excluding hydrogens is 907 g/mol. The molecule has 4 unspecified atom stereocenters. The number of nitrogens with one attached hydrogen (secondary N) is 1. The maximum atomic E-state index is 12.2. The molecule has 340 valence electrons. The van der Waals surface area contributed by atoms with Gasteiger partial charge in [0.25, 0.3) is 0 Å². The third kappa shape index (κ3) is 10.3. The normalized spacial score (nSPS) is 17.7. The van der Waals surface area contributed by atoms with Crippen molar-refractivity contribution in [1.82, 2.24) is 5.32 Å². The number of nitrogens with zero attached hydrogens (tertiary/aromatic N) is 2. The zero-order valence-electron chi connectivity index (χ0n) is 35.5. The molecule has 4 aromatic rings. The number of anilines is 1. The van der Waals surface area contributed by atoms with E-state index >= 15 is 0 Å². The van der Waals surface area contributed by atoms with Crippen LogP contribution in [0.3, 0.4) is 0 Å². The Kier molecular flexibility index (Phi) is 15.3. The maximum Gasteiger partial charge on any atom is 0.357 e. The molecule has 20 heteroatoms. The van der Waals surface area contributed by atoms with Crippen molar-refractivity contribution in [3.05, 3.63) is 95.7 Å². The molecule has 0 saturated carbocycles. The molecule has 0 spiro atoms. The van der Waals surface area contributed by atoms with Gasteiger partial charge in [-0.1, -0.05) is 38.0 Å². The van der Waals surface area contributed by atoms with Crippen LogP contribution in [0.1, 0.15) is 71.4 Å². The van der Waals surface area contributed by atoms with Crippen molar-refractivity contribution in [2.45, 2.75) is 71.1 Å². The van der Waals surface area contributed by atoms with Crippen LogP contribution in [0.4, 0.5) is 11.4 Å². The second-order valence-corrected chi connectivity index (χ2v) is 18.2. The summed E-state index contributed by atoms with van der Waals surface area (Å²) in [4.78, 5) is 14.3. The monoisotopic (exact) mass is 954 g/mol. The molecule has 0 saturated heterocycles. The number of hydrogen-bond acceptors (Lipinski definition) is 10. The van der Waals surface area contributed by atoms with Crippen molar-refractivity contribution in [2.75, 3.05) is 24.5 Å². The fourth-order valence-corrected chi connectivity index (χ4v) is 9.84. The van der Waals surface area contributed by atoms with Gasteiger partial charge in [0.05, 0.1) is 12.0 Å². The first-order valence-corrected chi connectivity index (χ1v) is 24.1. The van der Waals surface area contributed by atoms with Gasteiger partial charge in [0.2, 0.25) is 11.6 Å². The van der Waals surface area contributed by atoms with Crippen LogP contribution in [0.25, 0.3) is 21.5 Å². The van der Waals surface area contributed by atoms with E-state index in [0.29, 0.717) is 47.5 Å². The lowest BCUT2D eigenvalue weighted by Crippen LogP contribution is -2.28. The van der Waals surface area contributed by atoms with Gasteiger partial charge in [0.15, 0.2) is 17.2 Å². The smallest absolute Gasteiger partial charge is 0.357 e. The largest absolute Gasteiger partial charge is 0.380 e. The molecule has 0 aromatic heterocycles. The predicted octanol–water partition coefficient (Wildman–Crippen LogP) is 7.56. The van der Waals surface area contributed by atoms with E-state index < -0.39 is 56.3 Å². The molecule has 64 heavy (non-hydrogen) atoms. The molecule has 5 N–H and O–H groups in total. The molecule has 0 radical (unpaired) electrons. The second-order valence-electron chi connectivity index (χ2n) is 15.8. The molecule has 2 heterocycles. The van der Waals surface area contributed by atoms with Crippen molar-refractivity contribution < 1.29 is 61.1 Å². The Bertz CT molecular complexity index is 2770. The molecule has 16 nitrogen and oxygen atoms in total. The Labute approximate surface area is 381 Å². The number of unbranched alkanes of at least 4 members (excludes halogenated alkanes) is 2. The highest BCUT2D eigenvalue weighted by atomic mass is 32.2. The first-order valence-electron chi connectivity index (χ1n) is 20.0. The quantitative estimate of drug-likeness (QED) is 0.0201. The first kappa shape index (κ1) is 48.2. The number of benzene rings is 4. The summed E-state index contributed by atoms with van der Waals surface area (Å²) in [5.74, 6) is 2.23. The highest BCUT2D eigenvalue weighted by Gasteiger charge is 2.46. The van der Waals surface area contributed by atoms with Gasteiger partial charge >= 0.3 is 45.4 Å². The molecule has 2 aliphatic rings. The second kappa shape index (κ2) is 20.3. The lowest BCUT2D eigenvalue weighted by molar-refractivity contribution is -0.438. The van der Waals surface area contributed by atoms with Crippen molar-refractivity contribution in [3.63, 3.8) is 0 Å². The van der Waals surface area contributed by atoms with E-state index in [2.05, 4.69) is 20.7 Å². The van der Waals surface area contributed by atoms with Crippen molar-refractivity contribution in [2.24, 2.45) is 0 Å². The van der Waals surface area contributed by atoms with Crippen molar-refractivity contribution in [3.8, 4) is 35.3 Å². The van der Waals surface area contributed by atoms with E-state index in [9.17, 15) is 39.8 Å². The topological polar surface area (TPSA) is 221 Å². The van der Waals surface area contributed by atoms with E-state index in [1.807, 2.05) is 77.1 Å². The number of rotatable bonds is 19. The number of hydrogen-bond donors (Lipinski definition) is 5. The van der Waals surface area contributed by atoms with E-state index in [1.165, 1.54) is 12.1 Å². The molecule has 0 aliphatic carbocycles. The van der Waals surface area contributed by atoms with E-state index in [4.69, 9.17) is 23.2 Å². The average Bonchev–Trinajstić information content (AvgIpc) is 3.56. The maximum absolute atomic E-state index is 12.2. The van der Waals surface area contributed by atoms with Gasteiger partial charge in [-0.2, -0.15) is 21.4 Å². The fourth-order valence-electron chi connectivity index (χ4n) is 8.74. The number of likely N-dealkylation sites (N-methyl/N-ethyl adjacent to an activating group) is 1. The summed E-state index contributed by atoms with van der Waals surface area (Å²) in [6.45, 7) is 11.5. The average molecular weight is 955 g/mol. The van der Waals surface area contributed by atoms with Gasteiger partial charge in [0.1, 0.15) is 18.0 Å². The van der Waals surface area contributed by atoms with Crippen LogP contribution < -0.4 is 26.9 Å². The molecule has 4 aromatic carbocycles. The lowest BCUT2D eigenvalue weighted by atomic mass is 9.79. The number of carbonyl (C=O) groups excluding carboxylic acids is 1. The van der Waals surface area contributed by atoms with Gasteiger partial charge in [-0.15, -0.1) is 6.42 Å². The van der Waals surface area contributed by atoms with Gasteiger partial charge in [-0.3, -0.25) is 23.0 Å². The summed E-state index contributed by atoms with van der Waals surface area (Å²) in [5.41, 5.74) is 3.96. The molecule has 2 aliphatic heterocycles. The zero-order valence-corrected chi connectivity index (χ0v) is 38.8. The summed E-state index contributed by atoms with van der Waals surface area (Å²) in [6, 6.07) is 13.1. The Morgan fingerprint density at radius 2 is 1.33 bits per heavy atom. The molecule has 1 amide bonds. The van der Waals surface area contributed by atoms with Crippen LogP contribution in [0.15, 0.2) is 84.6 Å². The Morgan fingerprint density at radius 1 is 0.750 bits per heavy atom. The summed E-state index contributed by atoms with van der Waals surface area (Å²) in [6.07, 6.45) is 17.5. The SMILES string of the molecule is C#CCNC(=O)CCCCC[N+]1=C(C=CC=CC=C2N(CC)c3ccc4c(OS(=O)O)cc(OS(=O)O)cc4c3C2(C)C)C(C)(C)c2c1ccc1c(OS(=O)O)cc(OS(=O)O)cc21. The molecule has 0 bridgehead atoms. The summed E-state index contributed by atoms with van der Waals surface area (Å²) < 4.78 is 108. The van der Waals surface area contributed by atoms with Gasteiger partial charge in [-0.05, 0) is 81.0 Å². The third-order valence-corrected chi connectivity index (χ3v) is 12.5. The fraction of sp³-hybridized carbons (Fsp3) is 0.318. The molecule has 4 atom stereocenters. The van der Waals surface area contributed by atoms with Crippen LogP contribution in [0, 0.1) is 12.3 Å². The first-order chi connectivity index (χ1) is 30.4. The number of allylic oxidation sites excluding steroid dienone is 6. The minimum absolute atomic E-state index is 0.00801. The Balaban J connectivity index is 1.38. The Morgan fingerprint density at radius 3 is 1.89 bits per heavy atom.